The highest BCUT2D eigenvalue weighted by Gasteiger charge is 2.24. The van der Waals surface area contributed by atoms with Crippen LogP contribution in [-0.2, 0) is 4.79 Å². The van der Waals surface area contributed by atoms with E-state index in [9.17, 15) is 9.59 Å². The molecule has 1 aromatic heterocycles. The third-order valence-corrected chi connectivity index (χ3v) is 3.55. The number of nitrogens with two attached hydrogens (primary N) is 1. The first kappa shape index (κ1) is 14.9. The molecule has 0 aliphatic carbocycles. The summed E-state index contributed by atoms with van der Waals surface area (Å²) < 4.78 is 0. The van der Waals surface area contributed by atoms with Crippen molar-refractivity contribution < 1.29 is 9.59 Å². The second-order valence-electron chi connectivity index (χ2n) is 3.89. The number of hydrogen-bond donors (Lipinski definition) is 1. The van der Waals surface area contributed by atoms with Gasteiger partial charge in [-0.25, -0.2) is 0 Å². The first-order valence-corrected chi connectivity index (χ1v) is 6.46. The normalized spacial score (nSPS) is 15.2. The fourth-order valence-corrected chi connectivity index (χ4v) is 2.49. The summed E-state index contributed by atoms with van der Waals surface area (Å²) in [5.74, 6) is -0.00118. The van der Waals surface area contributed by atoms with E-state index >= 15 is 0 Å². The molecule has 5 nitrogen and oxygen atoms in total. The number of thiophene rings is 1. The highest BCUT2D eigenvalue weighted by Crippen LogP contribution is 2.11. The quantitative estimate of drug-likeness (QED) is 0.858. The molecular formula is C11H16ClN3O2S. The lowest BCUT2D eigenvalue weighted by Crippen LogP contribution is -2.51. The van der Waals surface area contributed by atoms with Gasteiger partial charge in [-0.3, -0.25) is 9.59 Å². The molecule has 0 spiro atoms. The molecule has 1 aromatic rings. The van der Waals surface area contributed by atoms with E-state index < -0.39 is 0 Å². The zero-order valence-electron chi connectivity index (χ0n) is 9.87. The van der Waals surface area contributed by atoms with Crippen molar-refractivity contribution in [3.63, 3.8) is 0 Å². The van der Waals surface area contributed by atoms with Crippen LogP contribution < -0.4 is 5.73 Å². The molecule has 7 heteroatoms. The van der Waals surface area contributed by atoms with Crippen LogP contribution in [0.15, 0.2) is 16.8 Å². The van der Waals surface area contributed by atoms with E-state index in [0.29, 0.717) is 26.2 Å². The SMILES string of the molecule is Cl.NCC(=O)N1CCN(C(=O)c2ccsc2)CC1. The molecule has 2 amide bonds. The zero-order chi connectivity index (χ0) is 12.3. The van der Waals surface area contributed by atoms with Crippen LogP contribution in [0, 0.1) is 0 Å². The van der Waals surface area contributed by atoms with E-state index in [1.165, 1.54) is 11.3 Å². The monoisotopic (exact) mass is 289 g/mol. The van der Waals surface area contributed by atoms with E-state index in [2.05, 4.69) is 0 Å². The summed E-state index contributed by atoms with van der Waals surface area (Å²) in [6, 6.07) is 1.82. The number of carbonyl (C=O) groups excluding carboxylic acids is 2. The Labute approximate surface area is 116 Å². The number of amides is 2. The molecule has 2 N–H and O–H groups in total. The molecule has 0 radical (unpaired) electrons. The van der Waals surface area contributed by atoms with Gasteiger partial charge in [0.25, 0.3) is 5.91 Å². The number of halogens is 1. The zero-order valence-corrected chi connectivity index (χ0v) is 11.5. The van der Waals surface area contributed by atoms with Gasteiger partial charge in [0.05, 0.1) is 12.1 Å². The van der Waals surface area contributed by atoms with E-state index in [1.807, 2.05) is 16.8 Å². The van der Waals surface area contributed by atoms with Gasteiger partial charge in [-0.15, -0.1) is 12.4 Å². The maximum atomic E-state index is 12.0. The minimum absolute atomic E-state index is 0. The Bertz CT molecular complexity index is 402. The third kappa shape index (κ3) is 3.22. The van der Waals surface area contributed by atoms with E-state index in [0.717, 1.165) is 5.56 Å². The minimum Gasteiger partial charge on any atom is -0.338 e. The lowest BCUT2D eigenvalue weighted by molar-refractivity contribution is -0.131. The largest absolute Gasteiger partial charge is 0.338 e. The highest BCUT2D eigenvalue weighted by molar-refractivity contribution is 7.08. The van der Waals surface area contributed by atoms with Crippen LogP contribution >= 0.6 is 23.7 Å². The van der Waals surface area contributed by atoms with Crippen LogP contribution in [-0.4, -0.2) is 54.3 Å². The van der Waals surface area contributed by atoms with Crippen LogP contribution in [0.4, 0.5) is 0 Å². The van der Waals surface area contributed by atoms with Crippen LogP contribution in [0.2, 0.25) is 0 Å². The molecule has 1 fully saturated rings. The van der Waals surface area contributed by atoms with Crippen molar-refractivity contribution in [2.45, 2.75) is 0 Å². The number of piperazine rings is 1. The Kier molecular flexibility index (Phi) is 5.58. The Morgan fingerprint density at radius 1 is 1.22 bits per heavy atom. The van der Waals surface area contributed by atoms with Crippen LogP contribution in [0.1, 0.15) is 10.4 Å². The summed E-state index contributed by atoms with van der Waals surface area (Å²) in [6.45, 7) is 2.36. The molecule has 0 atom stereocenters. The predicted molar refractivity (Wildman–Crippen MR) is 73.1 cm³/mol. The first-order valence-electron chi connectivity index (χ1n) is 5.51. The van der Waals surface area contributed by atoms with Gasteiger partial charge in [0, 0.05) is 31.6 Å². The van der Waals surface area contributed by atoms with E-state index in [4.69, 9.17) is 5.73 Å². The van der Waals surface area contributed by atoms with Crippen LogP contribution in [0.5, 0.6) is 0 Å². The Morgan fingerprint density at radius 3 is 2.33 bits per heavy atom. The van der Waals surface area contributed by atoms with Gasteiger partial charge in [-0.05, 0) is 11.4 Å². The van der Waals surface area contributed by atoms with Gasteiger partial charge in [0.15, 0.2) is 0 Å². The smallest absolute Gasteiger partial charge is 0.254 e. The maximum absolute atomic E-state index is 12.0. The summed E-state index contributed by atoms with van der Waals surface area (Å²) in [5.41, 5.74) is 6.03. The summed E-state index contributed by atoms with van der Waals surface area (Å²) in [5, 5.41) is 3.74. The number of hydrogen-bond acceptors (Lipinski definition) is 4. The summed E-state index contributed by atoms with van der Waals surface area (Å²) in [6.07, 6.45) is 0. The molecule has 2 heterocycles. The molecule has 0 aromatic carbocycles. The number of nitrogens with zero attached hydrogens (tertiary/aromatic N) is 2. The third-order valence-electron chi connectivity index (χ3n) is 2.86. The average molecular weight is 290 g/mol. The van der Waals surface area contributed by atoms with Crippen molar-refractivity contribution in [3.05, 3.63) is 22.4 Å². The Morgan fingerprint density at radius 2 is 1.83 bits per heavy atom. The standard InChI is InChI=1S/C11H15N3O2S.ClH/c12-7-10(15)13-2-4-14(5-3-13)11(16)9-1-6-17-8-9;/h1,6,8H,2-5,7,12H2;1H. The number of rotatable bonds is 2. The first-order chi connectivity index (χ1) is 8.22. The average Bonchev–Trinajstić information content (AvgIpc) is 2.91. The fourth-order valence-electron chi connectivity index (χ4n) is 1.86. The molecular weight excluding hydrogens is 274 g/mol. The predicted octanol–water partition coefficient (Wildman–Crippen LogP) is 0.413. The molecule has 0 unspecified atom stereocenters. The van der Waals surface area contributed by atoms with Crippen molar-refractivity contribution in [1.82, 2.24) is 9.80 Å². The fraction of sp³-hybridized carbons (Fsp3) is 0.455. The van der Waals surface area contributed by atoms with Crippen molar-refractivity contribution in [1.29, 1.82) is 0 Å². The molecule has 1 aliphatic rings. The van der Waals surface area contributed by atoms with Gasteiger partial charge >= 0.3 is 0 Å². The second kappa shape index (κ2) is 6.72. The van der Waals surface area contributed by atoms with Crippen LogP contribution in [0.3, 0.4) is 0 Å². The van der Waals surface area contributed by atoms with Crippen molar-refractivity contribution in [2.24, 2.45) is 5.73 Å². The van der Waals surface area contributed by atoms with Gasteiger partial charge in [0.1, 0.15) is 0 Å². The summed E-state index contributed by atoms with van der Waals surface area (Å²) in [7, 11) is 0. The highest BCUT2D eigenvalue weighted by atomic mass is 35.5. The molecule has 1 saturated heterocycles. The second-order valence-corrected chi connectivity index (χ2v) is 4.67. The Hall–Kier alpha value is -1.11. The van der Waals surface area contributed by atoms with Crippen molar-refractivity contribution >= 4 is 35.6 Å². The minimum atomic E-state index is -0.0485. The van der Waals surface area contributed by atoms with Gasteiger partial charge in [-0.2, -0.15) is 11.3 Å². The van der Waals surface area contributed by atoms with E-state index in [-0.39, 0.29) is 30.8 Å². The lowest BCUT2D eigenvalue weighted by Gasteiger charge is -2.34. The molecule has 18 heavy (non-hydrogen) atoms. The lowest BCUT2D eigenvalue weighted by atomic mass is 10.2. The molecule has 2 rings (SSSR count). The van der Waals surface area contributed by atoms with Crippen molar-refractivity contribution in [2.75, 3.05) is 32.7 Å². The molecule has 1 aliphatic heterocycles. The number of carbonyl (C=O) groups is 2. The summed E-state index contributed by atoms with van der Waals surface area (Å²) in [4.78, 5) is 26.9. The van der Waals surface area contributed by atoms with Gasteiger partial charge < -0.3 is 15.5 Å². The molecule has 0 bridgehead atoms. The Balaban J connectivity index is 0.00000162. The summed E-state index contributed by atoms with van der Waals surface area (Å²) >= 11 is 1.51. The molecule has 100 valence electrons. The van der Waals surface area contributed by atoms with Crippen LogP contribution in [0.25, 0.3) is 0 Å². The van der Waals surface area contributed by atoms with Gasteiger partial charge in [-0.1, -0.05) is 0 Å². The van der Waals surface area contributed by atoms with Crippen molar-refractivity contribution in [3.8, 4) is 0 Å². The van der Waals surface area contributed by atoms with Gasteiger partial charge in [0.2, 0.25) is 5.91 Å². The topological polar surface area (TPSA) is 66.6 Å². The molecule has 0 saturated carbocycles. The van der Waals surface area contributed by atoms with E-state index in [1.54, 1.807) is 9.80 Å². The maximum Gasteiger partial charge on any atom is 0.254 e.